The van der Waals surface area contributed by atoms with E-state index in [1.807, 2.05) is 30.3 Å². The Bertz CT molecular complexity index is 592. The number of aliphatic imine (C=N–C) groups is 1. The minimum absolute atomic E-state index is 0. The van der Waals surface area contributed by atoms with Crippen molar-refractivity contribution < 1.29 is 4.74 Å². The average Bonchev–Trinajstić information content (AvgIpc) is 2.93. The highest BCUT2D eigenvalue weighted by Gasteiger charge is 2.22. The van der Waals surface area contributed by atoms with Crippen molar-refractivity contribution in [2.24, 2.45) is 4.99 Å². The molecule has 2 aliphatic rings. The van der Waals surface area contributed by atoms with Crippen LogP contribution in [0.5, 0.6) is 5.75 Å². The third-order valence-corrected chi connectivity index (χ3v) is 5.61. The van der Waals surface area contributed by atoms with Crippen LogP contribution in [-0.2, 0) is 0 Å². The van der Waals surface area contributed by atoms with Crippen molar-refractivity contribution >= 4 is 29.9 Å². The second-order valence-corrected chi connectivity index (χ2v) is 7.85. The maximum atomic E-state index is 6.13. The van der Waals surface area contributed by atoms with Crippen LogP contribution < -0.4 is 10.1 Å². The Balaban J connectivity index is 0.00000300. The summed E-state index contributed by atoms with van der Waals surface area (Å²) in [7, 11) is 2.22. The van der Waals surface area contributed by atoms with Crippen LogP contribution >= 0.6 is 24.0 Å². The second kappa shape index (κ2) is 13.3. The summed E-state index contributed by atoms with van der Waals surface area (Å²) in [6.07, 6.45) is 3.64. The molecule has 0 spiro atoms. The zero-order chi connectivity index (χ0) is 19.6. The summed E-state index contributed by atoms with van der Waals surface area (Å²) < 4.78 is 6.13. The minimum Gasteiger partial charge on any atom is -0.490 e. The van der Waals surface area contributed by atoms with Crippen LogP contribution in [0.2, 0.25) is 0 Å². The Kier molecular flexibility index (Phi) is 11.1. The van der Waals surface area contributed by atoms with Gasteiger partial charge < -0.3 is 24.8 Å². The Morgan fingerprint density at radius 2 is 1.83 bits per heavy atom. The summed E-state index contributed by atoms with van der Waals surface area (Å²) in [6.45, 7) is 11.7. The molecule has 1 N–H and O–H groups in total. The molecule has 0 saturated carbocycles. The highest BCUT2D eigenvalue weighted by Crippen LogP contribution is 2.18. The molecule has 0 unspecified atom stereocenters. The van der Waals surface area contributed by atoms with Crippen LogP contribution in [0.3, 0.4) is 0 Å². The maximum absolute atomic E-state index is 6.13. The smallest absolute Gasteiger partial charge is 0.193 e. The van der Waals surface area contributed by atoms with Gasteiger partial charge >= 0.3 is 0 Å². The molecule has 2 aliphatic heterocycles. The van der Waals surface area contributed by atoms with Gasteiger partial charge in [-0.05, 0) is 45.6 Å². The summed E-state index contributed by atoms with van der Waals surface area (Å²) in [4.78, 5) is 12.3. The molecular weight excluding hydrogens is 477 g/mol. The summed E-state index contributed by atoms with van der Waals surface area (Å²) in [5.41, 5.74) is 0. The molecule has 3 rings (SSSR count). The first-order valence-electron chi connectivity index (χ1n) is 10.9. The fourth-order valence-electron chi connectivity index (χ4n) is 3.92. The molecule has 0 atom stereocenters. The van der Waals surface area contributed by atoms with Crippen LogP contribution in [-0.4, -0.2) is 92.7 Å². The normalized spacial score (nSPS) is 20.1. The lowest BCUT2D eigenvalue weighted by Crippen LogP contribution is -2.47. The highest BCUT2D eigenvalue weighted by atomic mass is 127. The molecule has 0 amide bonds. The molecule has 2 heterocycles. The number of para-hydroxylation sites is 1. The molecule has 7 heteroatoms. The van der Waals surface area contributed by atoms with Gasteiger partial charge in [0.2, 0.25) is 0 Å². The van der Waals surface area contributed by atoms with E-state index >= 15 is 0 Å². The molecule has 0 aromatic heterocycles. The van der Waals surface area contributed by atoms with Gasteiger partial charge in [0.15, 0.2) is 5.96 Å². The Hall–Kier alpha value is -1.06. The van der Waals surface area contributed by atoms with E-state index in [4.69, 9.17) is 9.73 Å². The van der Waals surface area contributed by atoms with Gasteiger partial charge in [-0.1, -0.05) is 18.2 Å². The predicted octanol–water partition coefficient (Wildman–Crippen LogP) is 2.75. The molecule has 1 aromatic carbocycles. The first kappa shape index (κ1) is 24.2. The number of nitrogens with one attached hydrogen (secondary N) is 1. The molecule has 0 radical (unpaired) electrons. The van der Waals surface area contributed by atoms with Crippen molar-refractivity contribution in [1.82, 2.24) is 20.0 Å². The van der Waals surface area contributed by atoms with E-state index in [9.17, 15) is 0 Å². The molecule has 164 valence electrons. The number of hydrogen-bond donors (Lipinski definition) is 1. The zero-order valence-corrected chi connectivity index (χ0v) is 20.4. The summed E-state index contributed by atoms with van der Waals surface area (Å²) >= 11 is 0. The van der Waals surface area contributed by atoms with Crippen LogP contribution in [0.25, 0.3) is 0 Å². The number of likely N-dealkylation sites (N-methyl/N-ethyl adjacent to an activating group) is 1. The average molecular weight is 515 g/mol. The fraction of sp³-hybridized carbons (Fsp3) is 0.682. The van der Waals surface area contributed by atoms with Crippen molar-refractivity contribution in [3.8, 4) is 5.75 Å². The van der Waals surface area contributed by atoms with E-state index in [-0.39, 0.29) is 24.0 Å². The van der Waals surface area contributed by atoms with E-state index in [1.54, 1.807) is 0 Å². The van der Waals surface area contributed by atoms with Crippen molar-refractivity contribution in [1.29, 1.82) is 0 Å². The van der Waals surface area contributed by atoms with Gasteiger partial charge in [-0.25, -0.2) is 0 Å². The van der Waals surface area contributed by atoms with E-state index in [0.717, 1.165) is 63.8 Å². The summed E-state index contributed by atoms with van der Waals surface area (Å²) in [6, 6.07) is 10.2. The first-order valence-corrected chi connectivity index (χ1v) is 10.9. The number of rotatable bonds is 6. The number of guanidine groups is 1. The molecular formula is C22H38IN5O. The van der Waals surface area contributed by atoms with Gasteiger partial charge in [0.25, 0.3) is 0 Å². The van der Waals surface area contributed by atoms with Crippen LogP contribution in [0.15, 0.2) is 35.3 Å². The van der Waals surface area contributed by atoms with E-state index in [0.29, 0.717) is 6.10 Å². The molecule has 6 nitrogen and oxygen atoms in total. The van der Waals surface area contributed by atoms with Gasteiger partial charge in [0.05, 0.1) is 6.54 Å². The molecule has 2 fully saturated rings. The maximum Gasteiger partial charge on any atom is 0.193 e. The molecule has 1 aromatic rings. The molecule has 2 saturated heterocycles. The lowest BCUT2D eigenvalue weighted by atomic mass is 10.1. The Morgan fingerprint density at radius 1 is 1.07 bits per heavy atom. The van der Waals surface area contributed by atoms with Crippen molar-refractivity contribution in [3.05, 3.63) is 30.3 Å². The second-order valence-electron chi connectivity index (χ2n) is 7.85. The largest absolute Gasteiger partial charge is 0.490 e. The van der Waals surface area contributed by atoms with Crippen molar-refractivity contribution in [2.75, 3.05) is 66.0 Å². The third kappa shape index (κ3) is 8.30. The van der Waals surface area contributed by atoms with Crippen LogP contribution in [0.4, 0.5) is 0 Å². The van der Waals surface area contributed by atoms with Gasteiger partial charge in [-0.3, -0.25) is 4.99 Å². The summed E-state index contributed by atoms with van der Waals surface area (Å²) in [5, 5.41) is 3.48. The van der Waals surface area contributed by atoms with E-state index in [1.165, 1.54) is 26.1 Å². The van der Waals surface area contributed by atoms with Gasteiger partial charge in [-0.15, -0.1) is 24.0 Å². The van der Waals surface area contributed by atoms with Crippen LogP contribution in [0, 0.1) is 0 Å². The number of halogens is 1. The van der Waals surface area contributed by atoms with Gasteiger partial charge in [0, 0.05) is 52.1 Å². The van der Waals surface area contributed by atoms with Gasteiger partial charge in [0.1, 0.15) is 11.9 Å². The van der Waals surface area contributed by atoms with E-state index < -0.39 is 0 Å². The van der Waals surface area contributed by atoms with Crippen molar-refractivity contribution in [2.45, 2.75) is 32.3 Å². The standard InChI is InChI=1S/C22H37N5O.HI/c1-3-23-22(24-12-17-26-14-7-13-25(2)18-19-26)27-15-10-21(11-16-27)28-20-8-5-4-6-9-20;/h4-6,8-9,21H,3,7,10-19H2,1-2H3,(H,23,24);1H. The number of ether oxygens (including phenoxy) is 1. The Labute approximate surface area is 193 Å². The van der Waals surface area contributed by atoms with Gasteiger partial charge in [-0.2, -0.15) is 0 Å². The quantitative estimate of drug-likeness (QED) is 0.359. The predicted molar refractivity (Wildman–Crippen MR) is 132 cm³/mol. The number of benzene rings is 1. The number of piperidine rings is 1. The number of likely N-dealkylation sites (tertiary alicyclic amines) is 1. The highest BCUT2D eigenvalue weighted by molar-refractivity contribution is 14.0. The summed E-state index contributed by atoms with van der Waals surface area (Å²) in [5.74, 6) is 2.04. The van der Waals surface area contributed by atoms with Crippen LogP contribution in [0.1, 0.15) is 26.2 Å². The fourth-order valence-corrected chi connectivity index (χ4v) is 3.92. The zero-order valence-electron chi connectivity index (χ0n) is 18.1. The molecule has 29 heavy (non-hydrogen) atoms. The topological polar surface area (TPSA) is 43.3 Å². The number of nitrogens with zero attached hydrogens (tertiary/aromatic N) is 4. The molecule has 0 aliphatic carbocycles. The number of hydrogen-bond acceptors (Lipinski definition) is 4. The molecule has 0 bridgehead atoms. The first-order chi connectivity index (χ1) is 13.7. The Morgan fingerprint density at radius 3 is 2.55 bits per heavy atom. The SMILES string of the molecule is CCNC(=NCCN1CCCN(C)CC1)N1CCC(Oc2ccccc2)CC1.I. The minimum atomic E-state index is 0. The monoisotopic (exact) mass is 515 g/mol. The van der Waals surface area contributed by atoms with Crippen molar-refractivity contribution in [3.63, 3.8) is 0 Å². The lowest BCUT2D eigenvalue weighted by molar-refractivity contribution is 0.129. The van der Waals surface area contributed by atoms with E-state index in [2.05, 4.69) is 34.0 Å². The lowest BCUT2D eigenvalue weighted by Gasteiger charge is -2.34. The third-order valence-electron chi connectivity index (χ3n) is 5.61.